The first-order chi connectivity index (χ1) is 12.4. The Morgan fingerprint density at radius 2 is 2.04 bits per heavy atom. The molecule has 0 spiro atoms. The number of carbonyl (C=O) groups excluding carboxylic acids is 2. The number of benzene rings is 1. The Morgan fingerprint density at radius 3 is 2.69 bits per heavy atom. The van der Waals surface area contributed by atoms with Crippen LogP contribution in [0.1, 0.15) is 32.1 Å². The standard InChI is InChI=1S/C18H14ClFN2O3S/c1-10-7-14(11(2)22(10)18-21-5-6-26-18)16(23)9-25-17(24)13-4-3-12(19)8-15(13)20/h3-8H,9H2,1-2H3. The highest BCUT2D eigenvalue weighted by molar-refractivity contribution is 7.12. The van der Waals surface area contributed by atoms with Crippen molar-refractivity contribution in [2.75, 3.05) is 6.61 Å². The number of Topliss-reactive ketones (excluding diaryl/α,β-unsaturated/α-hetero) is 1. The summed E-state index contributed by atoms with van der Waals surface area (Å²) in [4.78, 5) is 28.7. The van der Waals surface area contributed by atoms with Gasteiger partial charge in [-0.3, -0.25) is 9.36 Å². The summed E-state index contributed by atoms with van der Waals surface area (Å²) in [5.74, 6) is -2.08. The number of hydrogen-bond acceptors (Lipinski definition) is 5. The van der Waals surface area contributed by atoms with E-state index in [1.165, 1.54) is 23.5 Å². The van der Waals surface area contributed by atoms with Gasteiger partial charge in [0, 0.05) is 33.6 Å². The van der Waals surface area contributed by atoms with E-state index in [1.807, 2.05) is 16.9 Å². The average molecular weight is 393 g/mol. The lowest BCUT2D eigenvalue weighted by Gasteiger charge is -2.07. The second kappa shape index (κ2) is 7.39. The number of esters is 1. The molecule has 0 aliphatic rings. The van der Waals surface area contributed by atoms with Crippen LogP contribution in [-0.4, -0.2) is 27.9 Å². The number of ketones is 1. The molecule has 0 fully saturated rings. The van der Waals surface area contributed by atoms with Crippen molar-refractivity contribution in [3.05, 3.63) is 69.2 Å². The predicted molar refractivity (Wildman–Crippen MR) is 96.9 cm³/mol. The Kier molecular flexibility index (Phi) is 5.20. The van der Waals surface area contributed by atoms with E-state index in [-0.39, 0.29) is 16.4 Å². The molecule has 8 heteroatoms. The summed E-state index contributed by atoms with van der Waals surface area (Å²) in [5, 5.41) is 2.77. The number of nitrogens with zero attached hydrogens (tertiary/aromatic N) is 2. The molecular formula is C18H14ClFN2O3S. The Bertz CT molecular complexity index is 983. The number of hydrogen-bond donors (Lipinski definition) is 0. The van der Waals surface area contributed by atoms with E-state index in [2.05, 4.69) is 4.98 Å². The molecule has 0 aliphatic heterocycles. The van der Waals surface area contributed by atoms with Gasteiger partial charge >= 0.3 is 5.97 Å². The number of aryl methyl sites for hydroxylation is 1. The predicted octanol–water partition coefficient (Wildman–Crippen LogP) is 4.38. The number of halogens is 2. The van der Waals surface area contributed by atoms with E-state index in [1.54, 1.807) is 19.2 Å². The Labute approximate surface area is 158 Å². The molecule has 2 aromatic heterocycles. The van der Waals surface area contributed by atoms with Gasteiger partial charge in [-0.2, -0.15) is 0 Å². The third-order valence-corrected chi connectivity index (χ3v) is 4.82. The van der Waals surface area contributed by atoms with E-state index in [4.69, 9.17) is 16.3 Å². The highest BCUT2D eigenvalue weighted by Gasteiger charge is 2.20. The van der Waals surface area contributed by atoms with Crippen LogP contribution in [-0.2, 0) is 4.74 Å². The molecule has 2 heterocycles. The fourth-order valence-electron chi connectivity index (χ4n) is 2.61. The zero-order valence-corrected chi connectivity index (χ0v) is 15.5. The second-order valence-corrected chi connectivity index (χ2v) is 6.87. The molecule has 3 aromatic rings. The van der Waals surface area contributed by atoms with Crippen LogP contribution in [0.4, 0.5) is 4.39 Å². The van der Waals surface area contributed by atoms with E-state index in [9.17, 15) is 14.0 Å². The molecule has 0 bridgehead atoms. The number of aromatic nitrogens is 2. The Hall–Kier alpha value is -2.51. The zero-order chi connectivity index (χ0) is 18.8. The SMILES string of the molecule is Cc1cc(C(=O)COC(=O)c2ccc(Cl)cc2F)c(C)n1-c1nccs1. The van der Waals surface area contributed by atoms with Crippen LogP contribution in [0.3, 0.4) is 0 Å². The smallest absolute Gasteiger partial charge is 0.341 e. The van der Waals surface area contributed by atoms with Crippen LogP contribution in [0, 0.1) is 19.7 Å². The van der Waals surface area contributed by atoms with Gasteiger partial charge in [0.1, 0.15) is 5.82 Å². The summed E-state index contributed by atoms with van der Waals surface area (Å²) >= 11 is 7.10. The topological polar surface area (TPSA) is 61.2 Å². The second-order valence-electron chi connectivity index (χ2n) is 5.56. The third-order valence-electron chi connectivity index (χ3n) is 3.83. The summed E-state index contributed by atoms with van der Waals surface area (Å²) in [6, 6.07) is 5.33. The van der Waals surface area contributed by atoms with Gasteiger partial charge in [-0.05, 0) is 38.1 Å². The van der Waals surface area contributed by atoms with Crippen molar-refractivity contribution in [1.82, 2.24) is 9.55 Å². The van der Waals surface area contributed by atoms with Gasteiger partial charge in [-0.25, -0.2) is 14.2 Å². The normalized spacial score (nSPS) is 10.8. The summed E-state index contributed by atoms with van der Waals surface area (Å²) < 4.78 is 20.6. The maximum absolute atomic E-state index is 13.7. The van der Waals surface area contributed by atoms with E-state index in [0.717, 1.165) is 16.9 Å². The van der Waals surface area contributed by atoms with Crippen molar-refractivity contribution in [2.24, 2.45) is 0 Å². The molecule has 0 unspecified atom stereocenters. The van der Waals surface area contributed by atoms with E-state index < -0.39 is 18.4 Å². The molecule has 3 rings (SSSR count). The van der Waals surface area contributed by atoms with Crippen molar-refractivity contribution in [3.8, 4) is 5.13 Å². The minimum Gasteiger partial charge on any atom is -0.454 e. The highest BCUT2D eigenvalue weighted by atomic mass is 35.5. The fraction of sp³-hybridized carbons (Fsp3) is 0.167. The minimum absolute atomic E-state index is 0.171. The van der Waals surface area contributed by atoms with E-state index >= 15 is 0 Å². The summed E-state index contributed by atoms with van der Waals surface area (Å²) in [6.07, 6.45) is 1.68. The largest absolute Gasteiger partial charge is 0.454 e. The molecule has 0 radical (unpaired) electrons. The van der Waals surface area contributed by atoms with Gasteiger partial charge in [0.25, 0.3) is 0 Å². The minimum atomic E-state index is -0.916. The van der Waals surface area contributed by atoms with E-state index in [0.29, 0.717) is 11.3 Å². The number of thiazole rings is 1. The van der Waals surface area contributed by atoms with Crippen LogP contribution in [0.5, 0.6) is 0 Å². The van der Waals surface area contributed by atoms with Crippen LogP contribution < -0.4 is 0 Å². The quantitative estimate of drug-likeness (QED) is 0.477. The third kappa shape index (κ3) is 3.54. The lowest BCUT2D eigenvalue weighted by atomic mass is 10.1. The molecule has 0 saturated heterocycles. The lowest BCUT2D eigenvalue weighted by molar-refractivity contribution is 0.0470. The molecule has 0 aliphatic carbocycles. The van der Waals surface area contributed by atoms with Gasteiger partial charge in [0.2, 0.25) is 5.78 Å². The fourth-order valence-corrected chi connectivity index (χ4v) is 3.52. The first-order valence-electron chi connectivity index (χ1n) is 7.62. The maximum atomic E-state index is 13.7. The maximum Gasteiger partial charge on any atom is 0.341 e. The summed E-state index contributed by atoms with van der Waals surface area (Å²) in [7, 11) is 0. The van der Waals surface area contributed by atoms with Crippen molar-refractivity contribution >= 4 is 34.7 Å². The molecule has 134 valence electrons. The molecule has 26 heavy (non-hydrogen) atoms. The average Bonchev–Trinajstić information content (AvgIpc) is 3.20. The van der Waals surface area contributed by atoms with Crippen LogP contribution in [0.2, 0.25) is 5.02 Å². The van der Waals surface area contributed by atoms with Gasteiger partial charge in [0.15, 0.2) is 11.7 Å². The summed E-state index contributed by atoms with van der Waals surface area (Å²) in [6.45, 7) is 3.17. The van der Waals surface area contributed by atoms with Crippen molar-refractivity contribution in [1.29, 1.82) is 0 Å². The Morgan fingerprint density at radius 1 is 1.27 bits per heavy atom. The first-order valence-corrected chi connectivity index (χ1v) is 8.88. The highest BCUT2D eigenvalue weighted by Crippen LogP contribution is 2.23. The molecule has 0 saturated carbocycles. The van der Waals surface area contributed by atoms with Gasteiger partial charge in [-0.15, -0.1) is 11.3 Å². The van der Waals surface area contributed by atoms with Crippen LogP contribution in [0.15, 0.2) is 35.8 Å². The van der Waals surface area contributed by atoms with Crippen molar-refractivity contribution in [2.45, 2.75) is 13.8 Å². The molecular weight excluding hydrogens is 379 g/mol. The number of carbonyl (C=O) groups is 2. The van der Waals surface area contributed by atoms with Crippen LogP contribution in [0.25, 0.3) is 5.13 Å². The lowest BCUT2D eigenvalue weighted by Crippen LogP contribution is -2.16. The molecule has 0 amide bonds. The molecule has 5 nitrogen and oxygen atoms in total. The molecule has 0 atom stereocenters. The monoisotopic (exact) mass is 392 g/mol. The number of ether oxygens (including phenoxy) is 1. The van der Waals surface area contributed by atoms with Crippen molar-refractivity contribution in [3.63, 3.8) is 0 Å². The Balaban J connectivity index is 1.75. The molecule has 1 aromatic carbocycles. The van der Waals surface area contributed by atoms with Crippen LogP contribution >= 0.6 is 22.9 Å². The zero-order valence-electron chi connectivity index (χ0n) is 14.0. The molecule has 0 N–H and O–H groups in total. The summed E-state index contributed by atoms with van der Waals surface area (Å²) in [5.41, 5.74) is 1.71. The van der Waals surface area contributed by atoms with Gasteiger partial charge in [0.05, 0.1) is 5.56 Å². The first kappa shape index (κ1) is 18.3. The van der Waals surface area contributed by atoms with Crippen molar-refractivity contribution < 1.29 is 18.7 Å². The van der Waals surface area contributed by atoms with Gasteiger partial charge < -0.3 is 4.74 Å². The van der Waals surface area contributed by atoms with Gasteiger partial charge in [-0.1, -0.05) is 11.6 Å². The number of rotatable bonds is 5.